The zero-order valence-corrected chi connectivity index (χ0v) is 26.2. The topological polar surface area (TPSA) is 28.7 Å². The molecular weight excluding hydrogens is 573 g/mol. The lowest BCUT2D eigenvalue weighted by molar-refractivity contribution is 1.18. The number of aromatic nitrogens is 1. The first-order valence-corrected chi connectivity index (χ1v) is 17.6. The van der Waals surface area contributed by atoms with Crippen molar-refractivity contribution in [3.8, 4) is 22.9 Å². The lowest BCUT2D eigenvalue weighted by Gasteiger charge is -2.36. The second kappa shape index (κ2) is 11.5. The van der Waals surface area contributed by atoms with Crippen LogP contribution >= 0.6 is 0 Å². The maximum atomic E-state index is 10.0. The number of hydrogen-bond donors (Lipinski definition) is 0. The summed E-state index contributed by atoms with van der Waals surface area (Å²) >= 11 is 0. The minimum atomic E-state index is -2.90. The van der Waals surface area contributed by atoms with Gasteiger partial charge in [-0.3, -0.25) is 0 Å². The fourth-order valence-electron chi connectivity index (χ4n) is 7.24. The molecule has 0 atom stereocenters. The Kier molecular flexibility index (Phi) is 6.91. The average Bonchev–Trinajstić information content (AvgIpc) is 3.48. The molecule has 1 aromatic heterocycles. The van der Waals surface area contributed by atoms with Gasteiger partial charge in [-0.1, -0.05) is 146 Å². The lowest BCUT2D eigenvalue weighted by atomic mass is 10.0. The zero-order chi connectivity index (χ0) is 30.9. The van der Waals surface area contributed by atoms with Crippen LogP contribution in [0.15, 0.2) is 182 Å². The van der Waals surface area contributed by atoms with E-state index < -0.39 is 8.07 Å². The number of nitrogens with zero attached hydrogens (tertiary/aromatic N) is 2. The standard InChI is InChI=1S/C43H30N2Si/c44-31-32-15-13-22-37(29-32)46(35-18-3-1-4-19-35,36-20-5-2-6-21-36)43-28-12-9-23-38(43)33-16-14-17-34(30-33)45-41-26-10-7-24-39(41)40-25-8-11-27-42(40)45/h1-30H. The molecule has 0 spiro atoms. The average molecular weight is 603 g/mol. The summed E-state index contributed by atoms with van der Waals surface area (Å²) in [5.74, 6) is 0. The van der Waals surface area contributed by atoms with Crippen LogP contribution in [0.3, 0.4) is 0 Å². The van der Waals surface area contributed by atoms with Crippen molar-refractivity contribution in [3.05, 3.63) is 188 Å². The third-order valence-corrected chi connectivity index (χ3v) is 14.0. The van der Waals surface area contributed by atoms with Gasteiger partial charge in [0.05, 0.1) is 22.7 Å². The van der Waals surface area contributed by atoms with E-state index in [9.17, 15) is 5.26 Å². The van der Waals surface area contributed by atoms with Crippen LogP contribution in [-0.2, 0) is 0 Å². The molecule has 0 unspecified atom stereocenters. The maximum absolute atomic E-state index is 10.0. The van der Waals surface area contributed by atoms with Crippen molar-refractivity contribution in [1.82, 2.24) is 4.57 Å². The van der Waals surface area contributed by atoms with Crippen molar-refractivity contribution >= 4 is 50.6 Å². The summed E-state index contributed by atoms with van der Waals surface area (Å²) in [5, 5.41) is 17.6. The lowest BCUT2D eigenvalue weighted by Crippen LogP contribution is -2.75. The first-order chi connectivity index (χ1) is 22.8. The van der Waals surface area contributed by atoms with Gasteiger partial charge in [0.2, 0.25) is 0 Å². The van der Waals surface area contributed by atoms with Gasteiger partial charge in [-0.25, -0.2) is 0 Å². The van der Waals surface area contributed by atoms with E-state index in [1.54, 1.807) is 0 Å². The van der Waals surface area contributed by atoms with Crippen LogP contribution in [0.5, 0.6) is 0 Å². The van der Waals surface area contributed by atoms with Gasteiger partial charge < -0.3 is 4.57 Å². The molecular formula is C43H30N2Si. The molecule has 0 aliphatic rings. The highest BCUT2D eigenvalue weighted by molar-refractivity contribution is 7.20. The molecule has 1 heterocycles. The first kappa shape index (κ1) is 27.6. The molecule has 0 amide bonds. The quantitative estimate of drug-likeness (QED) is 0.142. The molecule has 8 rings (SSSR count). The highest BCUT2D eigenvalue weighted by Crippen LogP contribution is 2.33. The molecule has 7 aromatic carbocycles. The first-order valence-electron chi connectivity index (χ1n) is 15.6. The Morgan fingerprint density at radius 3 is 1.65 bits per heavy atom. The predicted molar refractivity (Wildman–Crippen MR) is 195 cm³/mol. The molecule has 0 aliphatic heterocycles. The van der Waals surface area contributed by atoms with Crippen LogP contribution in [0, 0.1) is 11.3 Å². The summed E-state index contributed by atoms with van der Waals surface area (Å²) in [5.41, 5.74) is 6.55. The van der Waals surface area contributed by atoms with Gasteiger partial charge in [-0.05, 0) is 68.3 Å². The van der Waals surface area contributed by atoms with Gasteiger partial charge in [0.15, 0.2) is 8.07 Å². The van der Waals surface area contributed by atoms with Gasteiger partial charge >= 0.3 is 0 Å². The van der Waals surface area contributed by atoms with Crippen LogP contribution < -0.4 is 20.7 Å². The second-order valence-corrected chi connectivity index (χ2v) is 15.4. The molecule has 8 aromatic rings. The summed E-state index contributed by atoms with van der Waals surface area (Å²) in [6.45, 7) is 0. The Hall–Kier alpha value is -5.95. The third kappa shape index (κ3) is 4.39. The Balaban J connectivity index is 1.43. The van der Waals surface area contributed by atoms with Crippen LogP contribution in [0.4, 0.5) is 0 Å². The molecule has 0 radical (unpaired) electrons. The summed E-state index contributed by atoms with van der Waals surface area (Å²) < 4.78 is 2.38. The zero-order valence-electron chi connectivity index (χ0n) is 25.2. The van der Waals surface area contributed by atoms with Crippen molar-refractivity contribution in [2.75, 3.05) is 0 Å². The van der Waals surface area contributed by atoms with Gasteiger partial charge in [0.25, 0.3) is 0 Å². The van der Waals surface area contributed by atoms with Gasteiger partial charge in [0, 0.05) is 16.5 Å². The largest absolute Gasteiger partial charge is 0.309 e. The van der Waals surface area contributed by atoms with Crippen molar-refractivity contribution < 1.29 is 0 Å². The highest BCUT2D eigenvalue weighted by atomic mass is 28.3. The number of para-hydroxylation sites is 2. The van der Waals surface area contributed by atoms with E-state index in [0.29, 0.717) is 5.56 Å². The summed E-state index contributed by atoms with van der Waals surface area (Å²) in [6.07, 6.45) is 0. The van der Waals surface area contributed by atoms with Crippen molar-refractivity contribution in [2.45, 2.75) is 0 Å². The molecule has 0 fully saturated rings. The van der Waals surface area contributed by atoms with Crippen molar-refractivity contribution in [1.29, 1.82) is 5.26 Å². The van der Waals surface area contributed by atoms with Gasteiger partial charge in [-0.2, -0.15) is 5.26 Å². The van der Waals surface area contributed by atoms with E-state index in [1.807, 2.05) is 12.1 Å². The third-order valence-electron chi connectivity index (χ3n) is 9.16. The van der Waals surface area contributed by atoms with Gasteiger partial charge in [-0.15, -0.1) is 0 Å². The minimum absolute atomic E-state index is 0.673. The van der Waals surface area contributed by atoms with E-state index in [1.165, 1.54) is 48.1 Å². The van der Waals surface area contributed by atoms with Crippen LogP contribution in [0.2, 0.25) is 0 Å². The van der Waals surface area contributed by atoms with E-state index in [-0.39, 0.29) is 0 Å². The van der Waals surface area contributed by atoms with Crippen LogP contribution in [0.1, 0.15) is 5.56 Å². The monoisotopic (exact) mass is 602 g/mol. The molecule has 2 nitrogen and oxygen atoms in total. The Labute approximate surface area is 270 Å². The van der Waals surface area contributed by atoms with Crippen molar-refractivity contribution in [2.24, 2.45) is 0 Å². The number of hydrogen-bond acceptors (Lipinski definition) is 1. The van der Waals surface area contributed by atoms with Gasteiger partial charge in [0.1, 0.15) is 0 Å². The fraction of sp³-hybridized carbons (Fsp3) is 0. The SMILES string of the molecule is N#Cc1cccc([Si](c2ccccc2)(c2ccccc2)c2ccccc2-c2cccc(-n3c4ccccc4c4ccccc43)c2)c1. The Morgan fingerprint density at radius 2 is 1.00 bits per heavy atom. The number of nitriles is 1. The molecule has 46 heavy (non-hydrogen) atoms. The van der Waals surface area contributed by atoms with E-state index >= 15 is 0 Å². The van der Waals surface area contributed by atoms with Crippen LogP contribution in [0.25, 0.3) is 38.6 Å². The van der Waals surface area contributed by atoms with E-state index in [2.05, 4.69) is 180 Å². The normalized spacial score (nSPS) is 11.5. The number of fused-ring (bicyclic) bond motifs is 3. The second-order valence-electron chi connectivity index (χ2n) is 11.6. The number of rotatable bonds is 6. The molecule has 216 valence electrons. The molecule has 0 saturated heterocycles. The molecule has 0 saturated carbocycles. The fourth-order valence-corrected chi connectivity index (χ4v) is 12.3. The van der Waals surface area contributed by atoms with Crippen LogP contribution in [-0.4, -0.2) is 12.6 Å². The smallest absolute Gasteiger partial charge is 0.180 e. The molecule has 0 bridgehead atoms. The Morgan fingerprint density at radius 1 is 0.457 bits per heavy atom. The molecule has 3 heteroatoms. The molecule has 0 N–H and O–H groups in total. The highest BCUT2D eigenvalue weighted by Gasteiger charge is 2.43. The maximum Gasteiger partial charge on any atom is 0.180 e. The van der Waals surface area contributed by atoms with Crippen molar-refractivity contribution in [3.63, 3.8) is 0 Å². The summed E-state index contributed by atoms with van der Waals surface area (Å²) in [7, 11) is -2.90. The summed E-state index contributed by atoms with van der Waals surface area (Å²) in [4.78, 5) is 0. The molecule has 0 aliphatic carbocycles. The summed E-state index contributed by atoms with van der Waals surface area (Å²) in [6, 6.07) is 67.6. The van der Waals surface area contributed by atoms with E-state index in [4.69, 9.17) is 0 Å². The number of benzene rings is 7. The predicted octanol–water partition coefficient (Wildman–Crippen LogP) is 7.70. The minimum Gasteiger partial charge on any atom is -0.309 e. The Bertz CT molecular complexity index is 2290. The van der Waals surface area contributed by atoms with E-state index in [0.717, 1.165) is 11.3 Å².